The molecule has 0 radical (unpaired) electrons. The normalized spacial score (nSPS) is 11.8. The van der Waals surface area contributed by atoms with Gasteiger partial charge < -0.3 is 16.4 Å². The Bertz CT molecular complexity index is 699. The van der Waals surface area contributed by atoms with Gasteiger partial charge in [-0.3, -0.25) is 9.59 Å². The van der Waals surface area contributed by atoms with E-state index in [2.05, 4.69) is 10.6 Å². The minimum atomic E-state index is -0.638. The molecule has 0 aliphatic rings. The quantitative estimate of drug-likeness (QED) is 0.763. The standard InChI is InChI=1S/C19H23N3O2/c1-13(2)18(23)21-15-9-6-10-16(12-15)22-19(24)17(20)11-14-7-4-3-5-8-14/h3-10,12-13,17H,11,20H2,1-2H3,(H,21,23)(H,22,24)/t17-/m0/s1. The number of hydrogen-bond donors (Lipinski definition) is 3. The Morgan fingerprint density at radius 3 is 2.08 bits per heavy atom. The molecule has 0 fully saturated rings. The molecule has 0 aliphatic carbocycles. The van der Waals surface area contributed by atoms with E-state index >= 15 is 0 Å². The summed E-state index contributed by atoms with van der Waals surface area (Å²) in [5.74, 6) is -0.437. The number of benzene rings is 2. The SMILES string of the molecule is CC(C)C(=O)Nc1cccc(NC(=O)[C@@H](N)Cc2ccccc2)c1. The van der Waals surface area contributed by atoms with Crippen LogP contribution in [0.3, 0.4) is 0 Å². The number of nitrogens with one attached hydrogen (secondary N) is 2. The number of hydrogen-bond acceptors (Lipinski definition) is 3. The zero-order valence-corrected chi connectivity index (χ0v) is 14.0. The molecule has 5 nitrogen and oxygen atoms in total. The lowest BCUT2D eigenvalue weighted by Crippen LogP contribution is -2.37. The molecule has 126 valence electrons. The molecule has 0 saturated heterocycles. The zero-order valence-electron chi connectivity index (χ0n) is 14.0. The lowest BCUT2D eigenvalue weighted by atomic mass is 10.1. The molecule has 0 spiro atoms. The van der Waals surface area contributed by atoms with Crippen LogP contribution in [0.4, 0.5) is 11.4 Å². The van der Waals surface area contributed by atoms with Crippen molar-refractivity contribution in [2.75, 3.05) is 10.6 Å². The largest absolute Gasteiger partial charge is 0.326 e. The van der Waals surface area contributed by atoms with E-state index in [9.17, 15) is 9.59 Å². The zero-order chi connectivity index (χ0) is 17.5. The van der Waals surface area contributed by atoms with Gasteiger partial charge in [-0.15, -0.1) is 0 Å². The fraction of sp³-hybridized carbons (Fsp3) is 0.263. The minimum absolute atomic E-state index is 0.0701. The van der Waals surface area contributed by atoms with Gasteiger partial charge in [0.05, 0.1) is 6.04 Å². The molecule has 2 aromatic rings. The molecule has 24 heavy (non-hydrogen) atoms. The van der Waals surface area contributed by atoms with Crippen molar-refractivity contribution in [3.8, 4) is 0 Å². The predicted molar refractivity (Wildman–Crippen MR) is 96.7 cm³/mol. The highest BCUT2D eigenvalue weighted by Crippen LogP contribution is 2.16. The fourth-order valence-electron chi connectivity index (χ4n) is 2.16. The third-order valence-electron chi connectivity index (χ3n) is 3.56. The summed E-state index contributed by atoms with van der Waals surface area (Å²) in [6.07, 6.45) is 0.469. The van der Waals surface area contributed by atoms with Gasteiger partial charge >= 0.3 is 0 Å². The second-order valence-corrected chi connectivity index (χ2v) is 6.01. The van der Waals surface area contributed by atoms with Crippen molar-refractivity contribution >= 4 is 23.2 Å². The number of rotatable bonds is 6. The van der Waals surface area contributed by atoms with Gasteiger partial charge in [0, 0.05) is 17.3 Å². The average Bonchev–Trinajstić information content (AvgIpc) is 2.56. The van der Waals surface area contributed by atoms with Gasteiger partial charge in [0.1, 0.15) is 0 Å². The van der Waals surface area contributed by atoms with Crippen LogP contribution in [0.1, 0.15) is 19.4 Å². The first-order valence-corrected chi connectivity index (χ1v) is 7.97. The number of anilines is 2. The highest BCUT2D eigenvalue weighted by molar-refractivity contribution is 5.96. The van der Waals surface area contributed by atoms with E-state index in [4.69, 9.17) is 5.73 Å². The third-order valence-corrected chi connectivity index (χ3v) is 3.56. The van der Waals surface area contributed by atoms with E-state index < -0.39 is 6.04 Å². The van der Waals surface area contributed by atoms with Crippen LogP contribution in [-0.2, 0) is 16.0 Å². The molecule has 1 atom stereocenters. The van der Waals surface area contributed by atoms with Gasteiger partial charge in [-0.25, -0.2) is 0 Å². The van der Waals surface area contributed by atoms with Gasteiger partial charge in [0.25, 0.3) is 0 Å². The smallest absolute Gasteiger partial charge is 0.241 e. The van der Waals surface area contributed by atoms with Crippen LogP contribution in [-0.4, -0.2) is 17.9 Å². The summed E-state index contributed by atoms with van der Waals surface area (Å²) in [5, 5.41) is 5.59. The summed E-state index contributed by atoms with van der Waals surface area (Å²) >= 11 is 0. The number of amides is 2. The molecule has 2 amide bonds. The monoisotopic (exact) mass is 325 g/mol. The first-order chi connectivity index (χ1) is 11.5. The van der Waals surface area contributed by atoms with E-state index in [1.807, 2.05) is 44.2 Å². The molecule has 0 saturated carbocycles. The highest BCUT2D eigenvalue weighted by atomic mass is 16.2. The molecule has 0 unspecified atom stereocenters. The van der Waals surface area contributed by atoms with Crippen LogP contribution in [0.15, 0.2) is 54.6 Å². The Morgan fingerprint density at radius 2 is 1.50 bits per heavy atom. The van der Waals surface area contributed by atoms with Crippen molar-refractivity contribution < 1.29 is 9.59 Å². The van der Waals surface area contributed by atoms with E-state index in [0.717, 1.165) is 5.56 Å². The second-order valence-electron chi connectivity index (χ2n) is 6.01. The summed E-state index contributed by atoms with van der Waals surface area (Å²) in [7, 11) is 0. The van der Waals surface area contributed by atoms with E-state index in [1.165, 1.54) is 0 Å². The number of carbonyl (C=O) groups is 2. The van der Waals surface area contributed by atoms with Crippen molar-refractivity contribution in [1.29, 1.82) is 0 Å². The fourth-order valence-corrected chi connectivity index (χ4v) is 2.16. The van der Waals surface area contributed by atoms with Crippen LogP contribution >= 0.6 is 0 Å². The molecule has 0 bridgehead atoms. The summed E-state index contributed by atoms with van der Waals surface area (Å²) in [6.45, 7) is 3.65. The van der Waals surface area contributed by atoms with Gasteiger partial charge in [0.15, 0.2) is 0 Å². The van der Waals surface area contributed by atoms with Gasteiger partial charge in [0.2, 0.25) is 11.8 Å². The summed E-state index contributed by atoms with van der Waals surface area (Å²) in [6, 6.07) is 16.0. The van der Waals surface area contributed by atoms with Crippen LogP contribution in [0.2, 0.25) is 0 Å². The van der Waals surface area contributed by atoms with Crippen molar-refractivity contribution in [2.45, 2.75) is 26.3 Å². The van der Waals surface area contributed by atoms with Crippen molar-refractivity contribution in [3.05, 3.63) is 60.2 Å². The van der Waals surface area contributed by atoms with E-state index in [0.29, 0.717) is 17.8 Å². The first-order valence-electron chi connectivity index (χ1n) is 7.97. The lowest BCUT2D eigenvalue weighted by Gasteiger charge is -2.14. The average molecular weight is 325 g/mol. The molecule has 2 aromatic carbocycles. The lowest BCUT2D eigenvalue weighted by molar-refractivity contribution is -0.119. The predicted octanol–water partition coefficient (Wildman–Crippen LogP) is 2.79. The Labute approximate surface area is 142 Å². The van der Waals surface area contributed by atoms with Gasteiger partial charge in [-0.05, 0) is 30.2 Å². The van der Waals surface area contributed by atoms with Crippen molar-refractivity contribution in [3.63, 3.8) is 0 Å². The molecule has 0 aromatic heterocycles. The summed E-state index contributed by atoms with van der Waals surface area (Å²) in [4.78, 5) is 24.0. The Kier molecular flexibility index (Phi) is 6.09. The van der Waals surface area contributed by atoms with Crippen molar-refractivity contribution in [2.24, 2.45) is 11.7 Å². The summed E-state index contributed by atoms with van der Waals surface area (Å²) < 4.78 is 0. The van der Waals surface area contributed by atoms with Crippen molar-refractivity contribution in [1.82, 2.24) is 0 Å². The molecule has 4 N–H and O–H groups in total. The molecule has 5 heteroatoms. The van der Waals surface area contributed by atoms with E-state index in [1.54, 1.807) is 24.3 Å². The van der Waals surface area contributed by atoms with E-state index in [-0.39, 0.29) is 17.7 Å². The highest BCUT2D eigenvalue weighted by Gasteiger charge is 2.14. The van der Waals surface area contributed by atoms with Crippen LogP contribution < -0.4 is 16.4 Å². The maximum atomic E-state index is 12.2. The Hall–Kier alpha value is -2.66. The Balaban J connectivity index is 1.97. The minimum Gasteiger partial charge on any atom is -0.326 e. The molecular weight excluding hydrogens is 302 g/mol. The molecule has 2 rings (SSSR count). The van der Waals surface area contributed by atoms with Gasteiger partial charge in [-0.1, -0.05) is 50.2 Å². The second kappa shape index (κ2) is 8.26. The molecule has 0 heterocycles. The van der Waals surface area contributed by atoms with Crippen LogP contribution in [0.25, 0.3) is 0 Å². The van der Waals surface area contributed by atoms with Crippen LogP contribution in [0, 0.1) is 5.92 Å². The maximum absolute atomic E-state index is 12.2. The summed E-state index contributed by atoms with van der Waals surface area (Å²) in [5.41, 5.74) is 8.23. The number of nitrogens with two attached hydrogens (primary N) is 1. The Morgan fingerprint density at radius 1 is 0.917 bits per heavy atom. The first kappa shape index (κ1) is 17.7. The number of carbonyl (C=O) groups excluding carboxylic acids is 2. The molecular formula is C19H23N3O2. The maximum Gasteiger partial charge on any atom is 0.241 e. The topological polar surface area (TPSA) is 84.2 Å². The van der Waals surface area contributed by atoms with Crippen LogP contribution in [0.5, 0.6) is 0 Å². The molecule has 0 aliphatic heterocycles. The third kappa shape index (κ3) is 5.21. The van der Waals surface area contributed by atoms with Gasteiger partial charge in [-0.2, -0.15) is 0 Å².